The summed E-state index contributed by atoms with van der Waals surface area (Å²) in [7, 11) is 0. The zero-order chi connectivity index (χ0) is 19.8. The molecule has 0 unspecified atom stereocenters. The molecule has 0 saturated heterocycles. The summed E-state index contributed by atoms with van der Waals surface area (Å²) in [5.74, 6) is 1.00. The number of hydrogen-bond acceptors (Lipinski definition) is 2. The fraction of sp³-hybridized carbons (Fsp3) is 0.462. The van der Waals surface area contributed by atoms with Crippen LogP contribution >= 0.6 is 11.3 Å². The molecule has 3 aromatic rings. The van der Waals surface area contributed by atoms with E-state index in [1.807, 2.05) is 11.3 Å². The van der Waals surface area contributed by atoms with Gasteiger partial charge < -0.3 is 4.74 Å². The fourth-order valence-electron chi connectivity index (χ4n) is 3.70. The Labute approximate surface area is 174 Å². The molecule has 1 nitrogen and oxygen atoms in total. The van der Waals surface area contributed by atoms with Crippen LogP contribution in [0.1, 0.15) is 69.9 Å². The van der Waals surface area contributed by atoms with Crippen LogP contribution in [0.2, 0.25) is 0 Å². The molecule has 150 valence electrons. The van der Waals surface area contributed by atoms with Crippen LogP contribution < -0.4 is 4.74 Å². The van der Waals surface area contributed by atoms with E-state index in [4.69, 9.17) is 4.74 Å². The van der Waals surface area contributed by atoms with Gasteiger partial charge in [-0.05, 0) is 67.0 Å². The van der Waals surface area contributed by atoms with Crippen LogP contribution in [0.5, 0.6) is 5.75 Å². The minimum Gasteiger partial charge on any atom is -0.494 e. The van der Waals surface area contributed by atoms with E-state index in [0.717, 1.165) is 18.8 Å². The van der Waals surface area contributed by atoms with Crippen molar-refractivity contribution in [1.82, 2.24) is 0 Å². The Morgan fingerprint density at radius 3 is 2.46 bits per heavy atom. The van der Waals surface area contributed by atoms with Crippen molar-refractivity contribution in [2.24, 2.45) is 0 Å². The van der Waals surface area contributed by atoms with Gasteiger partial charge in [-0.1, -0.05) is 69.7 Å². The van der Waals surface area contributed by atoms with Crippen LogP contribution in [0.25, 0.3) is 20.5 Å². The first-order valence-corrected chi connectivity index (χ1v) is 11.8. The minimum absolute atomic E-state index is 0.821. The first-order chi connectivity index (χ1) is 13.7. The number of aryl methyl sites for hydroxylation is 2. The molecule has 0 N–H and O–H groups in total. The quantitative estimate of drug-likeness (QED) is 0.296. The molecule has 0 bridgehead atoms. The molecule has 0 amide bonds. The lowest BCUT2D eigenvalue weighted by molar-refractivity contribution is 0.305. The fourth-order valence-corrected chi connectivity index (χ4v) is 4.80. The summed E-state index contributed by atoms with van der Waals surface area (Å²) >= 11 is 1.90. The maximum atomic E-state index is 5.99. The Morgan fingerprint density at radius 2 is 1.64 bits per heavy atom. The van der Waals surface area contributed by atoms with Crippen LogP contribution in [0, 0.1) is 6.92 Å². The maximum absolute atomic E-state index is 5.99. The number of fused-ring (bicyclic) bond motifs is 1. The second-order valence-corrected chi connectivity index (χ2v) is 8.92. The van der Waals surface area contributed by atoms with Gasteiger partial charge >= 0.3 is 0 Å². The molecule has 3 rings (SSSR count). The van der Waals surface area contributed by atoms with Gasteiger partial charge in [0.15, 0.2) is 0 Å². The van der Waals surface area contributed by atoms with Crippen LogP contribution in [-0.2, 0) is 6.42 Å². The van der Waals surface area contributed by atoms with Gasteiger partial charge in [0, 0.05) is 9.58 Å². The van der Waals surface area contributed by atoms with Gasteiger partial charge in [0.25, 0.3) is 0 Å². The number of unbranched alkanes of at least 4 members (excludes halogenated alkanes) is 5. The molecule has 0 aliphatic heterocycles. The smallest absolute Gasteiger partial charge is 0.119 e. The highest BCUT2D eigenvalue weighted by Crippen LogP contribution is 2.37. The van der Waals surface area contributed by atoms with Crippen molar-refractivity contribution in [1.29, 1.82) is 0 Å². The Balaban J connectivity index is 1.77. The summed E-state index contributed by atoms with van der Waals surface area (Å²) in [5.41, 5.74) is 4.26. The van der Waals surface area contributed by atoms with Gasteiger partial charge in [0.1, 0.15) is 5.75 Å². The molecule has 2 aromatic carbocycles. The molecule has 0 radical (unpaired) electrons. The second-order valence-electron chi connectivity index (χ2n) is 7.84. The Bertz CT molecular complexity index is 877. The van der Waals surface area contributed by atoms with Crippen LogP contribution in [0.15, 0.2) is 42.5 Å². The highest BCUT2D eigenvalue weighted by molar-refractivity contribution is 7.22. The van der Waals surface area contributed by atoms with Crippen molar-refractivity contribution < 1.29 is 4.74 Å². The third-order valence-corrected chi connectivity index (χ3v) is 6.48. The average molecular weight is 395 g/mol. The summed E-state index contributed by atoms with van der Waals surface area (Å²) in [6, 6.07) is 15.8. The number of benzene rings is 2. The van der Waals surface area contributed by atoms with Gasteiger partial charge in [-0.2, -0.15) is 0 Å². The zero-order valence-corrected chi connectivity index (χ0v) is 18.5. The maximum Gasteiger partial charge on any atom is 0.119 e. The van der Waals surface area contributed by atoms with Crippen LogP contribution in [-0.4, -0.2) is 6.61 Å². The molecule has 0 aliphatic carbocycles. The first kappa shape index (κ1) is 20.9. The Morgan fingerprint density at radius 1 is 0.821 bits per heavy atom. The third-order valence-electron chi connectivity index (χ3n) is 5.33. The van der Waals surface area contributed by atoms with Gasteiger partial charge in [0.05, 0.1) is 6.61 Å². The van der Waals surface area contributed by atoms with Gasteiger partial charge in [0.2, 0.25) is 0 Å². The van der Waals surface area contributed by atoms with Crippen molar-refractivity contribution >= 4 is 21.4 Å². The SMILES string of the molecule is CCCCCCOc1ccc2sc(-c3ccc(C)cc3CCCCC)cc2c1. The van der Waals surface area contributed by atoms with E-state index in [2.05, 4.69) is 63.2 Å². The highest BCUT2D eigenvalue weighted by Gasteiger charge is 2.10. The van der Waals surface area contributed by atoms with Crippen molar-refractivity contribution in [3.8, 4) is 16.2 Å². The first-order valence-electron chi connectivity index (χ1n) is 11.0. The van der Waals surface area contributed by atoms with Crippen LogP contribution in [0.4, 0.5) is 0 Å². The lowest BCUT2D eigenvalue weighted by Gasteiger charge is -2.09. The van der Waals surface area contributed by atoms with Crippen molar-refractivity contribution in [3.63, 3.8) is 0 Å². The predicted octanol–water partition coefficient (Wildman–Crippen LogP) is 8.57. The molecule has 1 heterocycles. The Kier molecular flexibility index (Phi) is 7.97. The summed E-state index contributed by atoms with van der Waals surface area (Å²) in [6.07, 6.45) is 9.99. The monoisotopic (exact) mass is 394 g/mol. The Hall–Kier alpha value is -1.80. The lowest BCUT2D eigenvalue weighted by atomic mass is 9.98. The molecule has 1 aromatic heterocycles. The molecule has 0 saturated carbocycles. The van der Waals surface area contributed by atoms with Crippen molar-refractivity contribution in [2.45, 2.75) is 72.1 Å². The molecule has 2 heteroatoms. The third kappa shape index (κ3) is 5.61. The molecule has 0 atom stereocenters. The molecule has 28 heavy (non-hydrogen) atoms. The predicted molar refractivity (Wildman–Crippen MR) is 125 cm³/mol. The number of ether oxygens (including phenoxy) is 1. The molecule has 0 spiro atoms. The average Bonchev–Trinajstić information content (AvgIpc) is 3.11. The molecule has 0 aliphatic rings. The standard InChI is InChI=1S/C26H34OS/c1-4-6-8-10-16-27-23-13-15-25-22(18-23)19-26(28-25)24-14-12-20(3)17-21(24)11-9-7-5-2/h12-15,17-19H,4-11,16H2,1-3H3. The summed E-state index contributed by atoms with van der Waals surface area (Å²) < 4.78 is 7.33. The summed E-state index contributed by atoms with van der Waals surface area (Å²) in [4.78, 5) is 1.38. The second kappa shape index (κ2) is 10.7. The minimum atomic E-state index is 0.821. The van der Waals surface area contributed by atoms with E-state index < -0.39 is 0 Å². The van der Waals surface area contributed by atoms with E-state index in [9.17, 15) is 0 Å². The van der Waals surface area contributed by atoms with E-state index in [1.54, 1.807) is 0 Å². The highest BCUT2D eigenvalue weighted by atomic mass is 32.1. The molecular weight excluding hydrogens is 360 g/mol. The topological polar surface area (TPSA) is 9.23 Å². The molecular formula is C26H34OS. The summed E-state index contributed by atoms with van der Waals surface area (Å²) in [5, 5.41) is 1.30. The van der Waals surface area contributed by atoms with Crippen LogP contribution in [0.3, 0.4) is 0 Å². The van der Waals surface area contributed by atoms with Crippen molar-refractivity contribution in [2.75, 3.05) is 6.61 Å². The summed E-state index contributed by atoms with van der Waals surface area (Å²) in [6.45, 7) is 7.53. The number of rotatable bonds is 11. The normalized spacial score (nSPS) is 11.2. The van der Waals surface area contributed by atoms with Gasteiger partial charge in [-0.25, -0.2) is 0 Å². The largest absolute Gasteiger partial charge is 0.494 e. The number of hydrogen-bond donors (Lipinski definition) is 0. The van der Waals surface area contributed by atoms with Gasteiger partial charge in [-0.15, -0.1) is 11.3 Å². The van der Waals surface area contributed by atoms with E-state index in [1.165, 1.54) is 76.6 Å². The van der Waals surface area contributed by atoms with E-state index in [0.29, 0.717) is 0 Å². The van der Waals surface area contributed by atoms with E-state index in [-0.39, 0.29) is 0 Å². The van der Waals surface area contributed by atoms with Crippen molar-refractivity contribution in [3.05, 3.63) is 53.6 Å². The lowest BCUT2D eigenvalue weighted by Crippen LogP contribution is -1.96. The zero-order valence-electron chi connectivity index (χ0n) is 17.7. The number of thiophene rings is 1. The van der Waals surface area contributed by atoms with E-state index >= 15 is 0 Å². The molecule has 0 fully saturated rings. The van der Waals surface area contributed by atoms with Gasteiger partial charge in [-0.3, -0.25) is 0 Å².